The van der Waals surface area contributed by atoms with Crippen molar-refractivity contribution in [2.24, 2.45) is 5.92 Å². The maximum Gasteiger partial charge on any atom is 0.0314 e. The Bertz CT molecular complexity index is 319. The van der Waals surface area contributed by atoms with E-state index < -0.39 is 0 Å². The molecule has 0 amide bonds. The fraction of sp³-hybridized carbons (Fsp3) is 0.692. The van der Waals surface area contributed by atoms with Crippen molar-refractivity contribution in [1.29, 1.82) is 0 Å². The van der Waals surface area contributed by atoms with E-state index in [0.717, 1.165) is 12.0 Å². The van der Waals surface area contributed by atoms with Gasteiger partial charge in [0.1, 0.15) is 0 Å². The van der Waals surface area contributed by atoms with Gasteiger partial charge >= 0.3 is 0 Å². The van der Waals surface area contributed by atoms with Gasteiger partial charge in [-0.15, -0.1) is 11.3 Å². The van der Waals surface area contributed by atoms with Gasteiger partial charge in [-0.25, -0.2) is 0 Å². The van der Waals surface area contributed by atoms with Crippen molar-refractivity contribution in [3.05, 3.63) is 20.8 Å². The van der Waals surface area contributed by atoms with Gasteiger partial charge in [0.25, 0.3) is 0 Å². The highest BCUT2D eigenvalue weighted by atomic mass is 79.9. The van der Waals surface area contributed by atoms with Crippen LogP contribution >= 0.6 is 27.3 Å². The zero-order chi connectivity index (χ0) is 11.4. The van der Waals surface area contributed by atoms with Gasteiger partial charge in [-0.1, -0.05) is 13.3 Å². The molecule has 1 aromatic heterocycles. The molecule has 0 aliphatic heterocycles. The van der Waals surface area contributed by atoms with Gasteiger partial charge in [0.05, 0.1) is 0 Å². The van der Waals surface area contributed by atoms with Crippen molar-refractivity contribution in [3.8, 4) is 0 Å². The van der Waals surface area contributed by atoms with Crippen LogP contribution in [0.3, 0.4) is 0 Å². The lowest BCUT2D eigenvalue weighted by molar-refractivity contribution is 0.439. The van der Waals surface area contributed by atoms with E-state index in [1.54, 1.807) is 0 Å². The molecule has 1 nitrogen and oxygen atoms in total. The normalized spacial score (nSPS) is 17.6. The molecule has 1 unspecified atom stereocenters. The van der Waals surface area contributed by atoms with E-state index in [2.05, 4.69) is 39.6 Å². The standard InChI is InChI=1S/C13H20BrNS/c1-2-3-10(9-15-11-4-5-11)8-13-12(14)6-7-16-13/h6-7,10-11,15H,2-5,8-9H2,1H3. The van der Waals surface area contributed by atoms with Crippen LogP contribution in [0.2, 0.25) is 0 Å². The summed E-state index contributed by atoms with van der Waals surface area (Å²) in [4.78, 5) is 1.51. The molecule has 1 fully saturated rings. The largest absolute Gasteiger partial charge is 0.314 e. The molecular weight excluding hydrogens is 282 g/mol. The fourth-order valence-corrected chi connectivity index (χ4v) is 3.67. The van der Waals surface area contributed by atoms with Crippen molar-refractivity contribution >= 4 is 27.3 Å². The van der Waals surface area contributed by atoms with E-state index in [-0.39, 0.29) is 0 Å². The molecule has 0 radical (unpaired) electrons. The number of thiophene rings is 1. The maximum atomic E-state index is 3.66. The van der Waals surface area contributed by atoms with Gasteiger partial charge in [-0.2, -0.15) is 0 Å². The first-order valence-corrected chi connectivity index (χ1v) is 7.92. The second-order valence-corrected chi connectivity index (χ2v) is 6.59. The Morgan fingerprint density at radius 1 is 1.56 bits per heavy atom. The molecule has 1 N–H and O–H groups in total. The van der Waals surface area contributed by atoms with Crippen LogP contribution in [0, 0.1) is 5.92 Å². The number of hydrogen-bond acceptors (Lipinski definition) is 2. The lowest BCUT2D eigenvalue weighted by Crippen LogP contribution is -2.25. The maximum absolute atomic E-state index is 3.66. The first-order chi connectivity index (χ1) is 7.79. The zero-order valence-electron chi connectivity index (χ0n) is 9.84. The first-order valence-electron chi connectivity index (χ1n) is 6.24. The summed E-state index contributed by atoms with van der Waals surface area (Å²) in [5.74, 6) is 0.806. The van der Waals surface area contributed by atoms with Crippen LogP contribution in [-0.4, -0.2) is 12.6 Å². The highest BCUT2D eigenvalue weighted by molar-refractivity contribution is 9.10. The van der Waals surface area contributed by atoms with Crippen LogP contribution in [0.4, 0.5) is 0 Å². The van der Waals surface area contributed by atoms with Crippen LogP contribution in [-0.2, 0) is 6.42 Å². The summed E-state index contributed by atoms with van der Waals surface area (Å²) in [7, 11) is 0. The third-order valence-corrected chi connectivity index (χ3v) is 5.08. The Balaban J connectivity index is 1.83. The van der Waals surface area contributed by atoms with Crippen LogP contribution in [0.25, 0.3) is 0 Å². The molecule has 1 heterocycles. The molecule has 1 aliphatic rings. The average molecular weight is 302 g/mol. The molecule has 90 valence electrons. The van der Waals surface area contributed by atoms with Gasteiger partial charge in [-0.3, -0.25) is 0 Å². The SMILES string of the molecule is CCCC(CNC1CC1)Cc1sccc1Br. The van der Waals surface area contributed by atoms with Crippen molar-refractivity contribution in [3.63, 3.8) is 0 Å². The minimum absolute atomic E-state index is 0.806. The fourth-order valence-electron chi connectivity index (χ4n) is 2.04. The van der Waals surface area contributed by atoms with E-state index in [0.29, 0.717) is 0 Å². The molecule has 16 heavy (non-hydrogen) atoms. The first kappa shape index (κ1) is 12.6. The van der Waals surface area contributed by atoms with E-state index in [9.17, 15) is 0 Å². The van der Waals surface area contributed by atoms with Crippen molar-refractivity contribution < 1.29 is 0 Å². The van der Waals surface area contributed by atoms with E-state index in [1.807, 2.05) is 11.3 Å². The Morgan fingerprint density at radius 3 is 2.94 bits per heavy atom. The Kier molecular flexibility index (Phi) is 4.86. The molecular formula is C13H20BrNS. The quantitative estimate of drug-likeness (QED) is 0.795. The summed E-state index contributed by atoms with van der Waals surface area (Å²) < 4.78 is 1.30. The molecule has 0 bridgehead atoms. The molecule has 0 saturated heterocycles. The van der Waals surface area contributed by atoms with Gasteiger partial charge in [0.2, 0.25) is 0 Å². The molecule has 1 aromatic rings. The zero-order valence-corrected chi connectivity index (χ0v) is 12.2. The topological polar surface area (TPSA) is 12.0 Å². The molecule has 1 saturated carbocycles. The Hall–Kier alpha value is 0.140. The molecule has 1 atom stereocenters. The monoisotopic (exact) mass is 301 g/mol. The number of rotatable bonds is 7. The number of nitrogens with one attached hydrogen (secondary N) is 1. The van der Waals surface area contributed by atoms with Gasteiger partial charge in [0, 0.05) is 15.4 Å². The number of hydrogen-bond donors (Lipinski definition) is 1. The Labute approximate surface area is 111 Å². The van der Waals surface area contributed by atoms with Crippen LogP contribution in [0.5, 0.6) is 0 Å². The van der Waals surface area contributed by atoms with Crippen LogP contribution < -0.4 is 5.32 Å². The summed E-state index contributed by atoms with van der Waals surface area (Å²) in [6, 6.07) is 3.00. The van der Waals surface area contributed by atoms with E-state index in [4.69, 9.17) is 0 Å². The summed E-state index contributed by atoms with van der Waals surface area (Å²) in [5.41, 5.74) is 0. The third kappa shape index (κ3) is 3.86. The summed E-state index contributed by atoms with van der Waals surface area (Å²) in [5, 5.41) is 5.84. The van der Waals surface area contributed by atoms with Crippen molar-refractivity contribution in [2.75, 3.05) is 6.54 Å². The molecule has 1 aliphatic carbocycles. The average Bonchev–Trinajstić information content (AvgIpc) is 3.01. The highest BCUT2D eigenvalue weighted by Gasteiger charge is 2.22. The summed E-state index contributed by atoms with van der Waals surface area (Å²) in [6.07, 6.45) is 6.64. The van der Waals surface area contributed by atoms with Gasteiger partial charge in [0.15, 0.2) is 0 Å². The number of halogens is 1. The van der Waals surface area contributed by atoms with E-state index in [1.165, 1.54) is 48.0 Å². The minimum atomic E-state index is 0.806. The third-order valence-electron chi connectivity index (χ3n) is 3.13. The molecule has 0 aromatic carbocycles. The summed E-state index contributed by atoms with van der Waals surface area (Å²) >= 11 is 5.51. The summed E-state index contributed by atoms with van der Waals surface area (Å²) in [6.45, 7) is 3.48. The Morgan fingerprint density at radius 2 is 2.38 bits per heavy atom. The second kappa shape index (κ2) is 6.18. The minimum Gasteiger partial charge on any atom is -0.314 e. The van der Waals surface area contributed by atoms with Crippen molar-refractivity contribution in [1.82, 2.24) is 5.32 Å². The molecule has 0 spiro atoms. The van der Waals surface area contributed by atoms with Gasteiger partial charge < -0.3 is 5.32 Å². The smallest absolute Gasteiger partial charge is 0.0314 e. The molecule has 3 heteroatoms. The lowest BCUT2D eigenvalue weighted by Gasteiger charge is -2.16. The van der Waals surface area contributed by atoms with E-state index >= 15 is 0 Å². The predicted molar refractivity (Wildman–Crippen MR) is 75.1 cm³/mol. The van der Waals surface area contributed by atoms with Crippen LogP contribution in [0.1, 0.15) is 37.5 Å². The molecule has 2 rings (SSSR count). The van der Waals surface area contributed by atoms with Crippen LogP contribution in [0.15, 0.2) is 15.9 Å². The van der Waals surface area contributed by atoms with Gasteiger partial charge in [-0.05, 0) is 65.5 Å². The highest BCUT2D eigenvalue weighted by Crippen LogP contribution is 2.27. The second-order valence-electron chi connectivity index (χ2n) is 4.73. The van der Waals surface area contributed by atoms with Crippen molar-refractivity contribution in [2.45, 2.75) is 45.1 Å². The lowest BCUT2D eigenvalue weighted by atomic mass is 9.99. The predicted octanol–water partition coefficient (Wildman–Crippen LogP) is 4.22.